The van der Waals surface area contributed by atoms with E-state index in [1.165, 1.54) is 0 Å². The van der Waals surface area contributed by atoms with Crippen LogP contribution in [0.3, 0.4) is 0 Å². The zero-order valence-electron chi connectivity index (χ0n) is 10.5. The summed E-state index contributed by atoms with van der Waals surface area (Å²) in [5.41, 5.74) is 6.84. The van der Waals surface area contributed by atoms with E-state index < -0.39 is 0 Å². The molecule has 0 saturated carbocycles. The van der Waals surface area contributed by atoms with Gasteiger partial charge in [-0.15, -0.1) is 0 Å². The molecule has 0 amide bonds. The van der Waals surface area contributed by atoms with E-state index in [4.69, 9.17) is 26.8 Å². The molecule has 0 spiro atoms. The van der Waals surface area contributed by atoms with Crippen LogP contribution in [0.4, 0.5) is 0 Å². The van der Waals surface area contributed by atoms with Crippen molar-refractivity contribution in [1.29, 1.82) is 0 Å². The molecule has 1 atom stereocenters. The number of nitrogens with two attached hydrogens (primary N) is 1. The topological polar surface area (TPSA) is 56.5 Å². The van der Waals surface area contributed by atoms with Gasteiger partial charge >= 0.3 is 0 Å². The first-order chi connectivity index (χ1) is 8.76. The molecule has 3 N–H and O–H groups in total. The lowest BCUT2D eigenvalue weighted by Crippen LogP contribution is -2.29. The van der Waals surface area contributed by atoms with Crippen molar-refractivity contribution in [3.8, 4) is 11.5 Å². The van der Waals surface area contributed by atoms with Crippen molar-refractivity contribution in [2.75, 3.05) is 26.3 Å². The first-order valence-corrected chi connectivity index (χ1v) is 6.66. The molecule has 100 valence electrons. The lowest BCUT2D eigenvalue weighted by molar-refractivity contribution is 0.171. The quantitative estimate of drug-likeness (QED) is 0.860. The fraction of sp³-hybridized carbons (Fsp3) is 0.538. The number of ether oxygens (including phenoxy) is 2. The molecular formula is C13H19ClN2O2. The molecule has 5 heteroatoms. The minimum absolute atomic E-state index is 0.0956. The molecule has 0 aliphatic carbocycles. The number of halogens is 1. The number of benzene rings is 1. The van der Waals surface area contributed by atoms with Gasteiger partial charge in [0.1, 0.15) is 13.2 Å². The second-order valence-corrected chi connectivity index (χ2v) is 4.68. The molecule has 1 aromatic rings. The molecule has 2 rings (SSSR count). The molecule has 1 heterocycles. The van der Waals surface area contributed by atoms with Crippen LogP contribution in [0.25, 0.3) is 0 Å². The third-order valence-corrected chi connectivity index (χ3v) is 3.18. The van der Waals surface area contributed by atoms with Crippen molar-refractivity contribution >= 4 is 11.6 Å². The normalized spacial score (nSPS) is 15.5. The van der Waals surface area contributed by atoms with E-state index in [1.54, 1.807) is 0 Å². The van der Waals surface area contributed by atoms with Crippen molar-refractivity contribution in [3.63, 3.8) is 0 Å². The highest BCUT2D eigenvalue weighted by Gasteiger charge is 2.19. The second-order valence-electron chi connectivity index (χ2n) is 4.27. The zero-order valence-corrected chi connectivity index (χ0v) is 11.3. The number of fused-ring (bicyclic) bond motifs is 1. The molecule has 18 heavy (non-hydrogen) atoms. The van der Waals surface area contributed by atoms with Gasteiger partial charge in [-0.2, -0.15) is 0 Å². The van der Waals surface area contributed by atoms with E-state index >= 15 is 0 Å². The predicted octanol–water partition coefficient (Wildman–Crippen LogP) is 2.11. The minimum atomic E-state index is 0.0956. The van der Waals surface area contributed by atoms with Crippen molar-refractivity contribution in [1.82, 2.24) is 5.32 Å². The van der Waals surface area contributed by atoms with E-state index in [9.17, 15) is 0 Å². The summed E-state index contributed by atoms with van der Waals surface area (Å²) in [6.07, 6.45) is 1.06. The van der Waals surface area contributed by atoms with Crippen molar-refractivity contribution in [2.45, 2.75) is 19.4 Å². The smallest absolute Gasteiger partial charge is 0.179 e. The molecule has 1 unspecified atom stereocenters. The van der Waals surface area contributed by atoms with Gasteiger partial charge in [-0.1, -0.05) is 18.5 Å². The Hall–Kier alpha value is -0.970. The number of nitrogens with one attached hydrogen (secondary N) is 1. The maximum Gasteiger partial charge on any atom is 0.179 e. The Morgan fingerprint density at radius 3 is 2.89 bits per heavy atom. The van der Waals surface area contributed by atoms with E-state index in [0.717, 1.165) is 18.5 Å². The van der Waals surface area contributed by atoms with E-state index in [1.807, 2.05) is 12.1 Å². The van der Waals surface area contributed by atoms with Gasteiger partial charge in [0.15, 0.2) is 11.5 Å². The summed E-state index contributed by atoms with van der Waals surface area (Å²) in [5, 5.41) is 3.97. The molecule has 0 aromatic heterocycles. The summed E-state index contributed by atoms with van der Waals surface area (Å²) >= 11 is 6.21. The summed E-state index contributed by atoms with van der Waals surface area (Å²) < 4.78 is 11.1. The standard InChI is InChI=1S/C13H19ClN2O2/c1-2-3-16-11(8-15)9-6-10(14)13-12(7-9)17-4-5-18-13/h6-7,11,16H,2-5,8,15H2,1H3. The molecule has 0 saturated heterocycles. The van der Waals surface area contributed by atoms with Crippen LogP contribution >= 0.6 is 11.6 Å². The first kappa shape index (κ1) is 13.5. The van der Waals surface area contributed by atoms with Crippen molar-refractivity contribution in [2.24, 2.45) is 5.73 Å². The number of rotatable bonds is 5. The monoisotopic (exact) mass is 270 g/mol. The van der Waals surface area contributed by atoms with Crippen LogP contribution in [-0.2, 0) is 0 Å². The molecule has 4 nitrogen and oxygen atoms in total. The van der Waals surface area contributed by atoms with Crippen LogP contribution in [0.2, 0.25) is 5.02 Å². The van der Waals surface area contributed by atoms with Crippen LogP contribution in [-0.4, -0.2) is 26.3 Å². The average molecular weight is 271 g/mol. The predicted molar refractivity (Wildman–Crippen MR) is 72.5 cm³/mol. The summed E-state index contributed by atoms with van der Waals surface area (Å²) in [6, 6.07) is 3.95. The summed E-state index contributed by atoms with van der Waals surface area (Å²) in [4.78, 5) is 0. The molecule has 1 aliphatic rings. The largest absolute Gasteiger partial charge is 0.486 e. The molecular weight excluding hydrogens is 252 g/mol. The second kappa shape index (κ2) is 6.27. The first-order valence-electron chi connectivity index (χ1n) is 6.28. The average Bonchev–Trinajstić information content (AvgIpc) is 2.40. The van der Waals surface area contributed by atoms with E-state index in [2.05, 4.69) is 12.2 Å². The van der Waals surface area contributed by atoms with Gasteiger partial charge in [0, 0.05) is 12.6 Å². The third-order valence-electron chi connectivity index (χ3n) is 2.90. The van der Waals surface area contributed by atoms with E-state index in [0.29, 0.717) is 36.3 Å². The highest BCUT2D eigenvalue weighted by atomic mass is 35.5. The molecule has 0 radical (unpaired) electrons. The van der Waals surface area contributed by atoms with E-state index in [-0.39, 0.29) is 6.04 Å². The Morgan fingerprint density at radius 2 is 2.17 bits per heavy atom. The van der Waals surface area contributed by atoms with Gasteiger partial charge in [-0.25, -0.2) is 0 Å². The van der Waals surface area contributed by atoms with Crippen LogP contribution in [0.1, 0.15) is 24.9 Å². The van der Waals surface area contributed by atoms with Gasteiger partial charge in [0.25, 0.3) is 0 Å². The van der Waals surface area contributed by atoms with Gasteiger partial charge < -0.3 is 20.5 Å². The summed E-state index contributed by atoms with van der Waals surface area (Å²) in [6.45, 7) is 4.67. The fourth-order valence-corrected chi connectivity index (χ4v) is 2.26. The fourth-order valence-electron chi connectivity index (χ4n) is 1.99. The Balaban J connectivity index is 2.24. The van der Waals surface area contributed by atoms with Crippen LogP contribution in [0, 0.1) is 0 Å². The van der Waals surface area contributed by atoms with Gasteiger partial charge in [-0.05, 0) is 30.7 Å². The lowest BCUT2D eigenvalue weighted by atomic mass is 10.1. The van der Waals surface area contributed by atoms with Gasteiger partial charge in [0.2, 0.25) is 0 Å². The molecule has 1 aliphatic heterocycles. The highest BCUT2D eigenvalue weighted by molar-refractivity contribution is 6.32. The van der Waals surface area contributed by atoms with Gasteiger partial charge in [0.05, 0.1) is 5.02 Å². The Labute approximate surface area is 112 Å². The number of hydrogen-bond acceptors (Lipinski definition) is 4. The maximum absolute atomic E-state index is 6.21. The van der Waals surface area contributed by atoms with Crippen LogP contribution < -0.4 is 20.5 Å². The lowest BCUT2D eigenvalue weighted by Gasteiger charge is -2.23. The zero-order chi connectivity index (χ0) is 13.0. The van der Waals surface area contributed by atoms with Crippen LogP contribution in [0.5, 0.6) is 11.5 Å². The maximum atomic E-state index is 6.21. The third kappa shape index (κ3) is 2.88. The molecule has 0 bridgehead atoms. The van der Waals surface area contributed by atoms with Crippen molar-refractivity contribution in [3.05, 3.63) is 22.7 Å². The minimum Gasteiger partial charge on any atom is -0.486 e. The Kier molecular flexibility index (Phi) is 4.69. The Morgan fingerprint density at radius 1 is 1.39 bits per heavy atom. The summed E-state index contributed by atoms with van der Waals surface area (Å²) in [7, 11) is 0. The number of hydrogen-bond donors (Lipinski definition) is 2. The highest BCUT2D eigenvalue weighted by Crippen LogP contribution is 2.39. The SMILES string of the molecule is CCCNC(CN)c1cc(Cl)c2c(c1)OCCO2. The molecule has 1 aromatic carbocycles. The Bertz CT molecular complexity index is 412. The summed E-state index contributed by atoms with van der Waals surface area (Å²) in [5.74, 6) is 1.35. The molecule has 0 fully saturated rings. The van der Waals surface area contributed by atoms with Crippen molar-refractivity contribution < 1.29 is 9.47 Å². The van der Waals surface area contributed by atoms with Gasteiger partial charge in [-0.3, -0.25) is 0 Å². The van der Waals surface area contributed by atoms with Crippen LogP contribution in [0.15, 0.2) is 12.1 Å².